The van der Waals surface area contributed by atoms with E-state index in [0.717, 1.165) is 23.9 Å². The maximum absolute atomic E-state index is 6.07. The summed E-state index contributed by atoms with van der Waals surface area (Å²) < 4.78 is 9.53. The van der Waals surface area contributed by atoms with Crippen LogP contribution >= 0.6 is 15.9 Å². The minimum atomic E-state index is 0.0498. The quantitative estimate of drug-likeness (QED) is 0.804. The van der Waals surface area contributed by atoms with Crippen LogP contribution in [0.25, 0.3) is 10.9 Å². The number of aromatic nitrogens is 1. The lowest BCUT2D eigenvalue weighted by Crippen LogP contribution is -2.22. The summed E-state index contributed by atoms with van der Waals surface area (Å²) >= 11 is 3.60. The molecule has 2 heterocycles. The van der Waals surface area contributed by atoms with Crippen molar-refractivity contribution in [3.05, 3.63) is 34.9 Å². The Balaban J connectivity index is 1.86. The highest BCUT2D eigenvalue weighted by molar-refractivity contribution is 9.10. The lowest BCUT2D eigenvalue weighted by atomic mass is 10.1. The zero-order chi connectivity index (χ0) is 12.8. The van der Waals surface area contributed by atoms with Crippen molar-refractivity contribution in [2.45, 2.75) is 44.9 Å². The third-order valence-electron chi connectivity index (χ3n) is 3.71. The molecular weight excluding hydrogens is 290 g/mol. The monoisotopic (exact) mass is 307 g/mol. The van der Waals surface area contributed by atoms with Gasteiger partial charge in [-0.1, -0.05) is 22.0 Å². The van der Waals surface area contributed by atoms with Gasteiger partial charge in [-0.15, -0.1) is 0 Å². The van der Waals surface area contributed by atoms with Crippen LogP contribution in [0.4, 0.5) is 0 Å². The first kappa shape index (κ1) is 12.2. The molecule has 96 valence electrons. The summed E-state index contributed by atoms with van der Waals surface area (Å²) in [6.07, 6.45) is 4.81. The van der Waals surface area contributed by atoms with E-state index in [2.05, 4.69) is 64.8 Å². The van der Waals surface area contributed by atoms with Crippen LogP contribution in [0, 0.1) is 0 Å². The molecule has 1 atom stereocenters. The molecule has 2 aromatic rings. The number of hydrogen-bond acceptors (Lipinski definition) is 1. The molecule has 1 aromatic carbocycles. The van der Waals surface area contributed by atoms with Crippen LogP contribution in [0.1, 0.15) is 26.7 Å². The van der Waals surface area contributed by atoms with Gasteiger partial charge in [-0.05, 0) is 44.9 Å². The van der Waals surface area contributed by atoms with Gasteiger partial charge in [0.2, 0.25) is 0 Å². The van der Waals surface area contributed by atoms with Crippen LogP contribution in [-0.4, -0.2) is 16.3 Å². The van der Waals surface area contributed by atoms with Crippen molar-refractivity contribution in [2.75, 3.05) is 0 Å². The molecule has 1 saturated heterocycles. The topological polar surface area (TPSA) is 14.2 Å². The van der Waals surface area contributed by atoms with Gasteiger partial charge in [0.1, 0.15) is 0 Å². The molecule has 1 aromatic heterocycles. The van der Waals surface area contributed by atoms with Crippen LogP contribution in [-0.2, 0) is 11.3 Å². The normalized spacial score (nSPS) is 22.7. The second-order valence-corrected chi connectivity index (χ2v) is 6.53. The molecule has 1 fully saturated rings. The molecule has 0 amide bonds. The molecule has 0 radical (unpaired) electrons. The summed E-state index contributed by atoms with van der Waals surface area (Å²) in [5, 5.41) is 1.27. The highest BCUT2D eigenvalue weighted by Crippen LogP contribution is 2.31. The standard InChI is InChI=1S/C15H18BrNO/c1-15(2)8-6-11(18-15)10-17-9-7-12-13(16)4-3-5-14(12)17/h3-5,7,9,11H,6,8,10H2,1-2H3. The van der Waals surface area contributed by atoms with Gasteiger partial charge in [0.25, 0.3) is 0 Å². The van der Waals surface area contributed by atoms with E-state index >= 15 is 0 Å². The molecule has 0 saturated carbocycles. The van der Waals surface area contributed by atoms with Crippen molar-refractivity contribution in [1.29, 1.82) is 0 Å². The lowest BCUT2D eigenvalue weighted by Gasteiger charge is -2.19. The summed E-state index contributed by atoms with van der Waals surface area (Å²) in [5.41, 5.74) is 1.33. The van der Waals surface area contributed by atoms with Gasteiger partial charge in [0.05, 0.1) is 11.7 Å². The van der Waals surface area contributed by atoms with Crippen molar-refractivity contribution >= 4 is 26.8 Å². The predicted molar refractivity (Wildman–Crippen MR) is 77.8 cm³/mol. The van der Waals surface area contributed by atoms with E-state index in [-0.39, 0.29) is 5.60 Å². The fraction of sp³-hybridized carbons (Fsp3) is 0.467. The molecule has 3 heteroatoms. The van der Waals surface area contributed by atoms with Gasteiger partial charge in [-0.25, -0.2) is 0 Å². The van der Waals surface area contributed by atoms with E-state index in [9.17, 15) is 0 Å². The van der Waals surface area contributed by atoms with Crippen LogP contribution in [0.15, 0.2) is 34.9 Å². The largest absolute Gasteiger partial charge is 0.370 e. The van der Waals surface area contributed by atoms with Crippen LogP contribution in [0.3, 0.4) is 0 Å². The first-order chi connectivity index (χ1) is 8.55. The first-order valence-corrected chi connectivity index (χ1v) is 7.26. The molecule has 0 bridgehead atoms. The number of benzene rings is 1. The first-order valence-electron chi connectivity index (χ1n) is 6.46. The van der Waals surface area contributed by atoms with E-state index in [4.69, 9.17) is 4.74 Å². The number of fused-ring (bicyclic) bond motifs is 1. The van der Waals surface area contributed by atoms with E-state index in [1.807, 2.05) is 0 Å². The Morgan fingerprint density at radius 3 is 2.94 bits per heavy atom. The van der Waals surface area contributed by atoms with Crippen molar-refractivity contribution < 1.29 is 4.74 Å². The number of ether oxygens (including phenoxy) is 1. The molecule has 1 aliphatic heterocycles. The van der Waals surface area contributed by atoms with Crippen LogP contribution < -0.4 is 0 Å². The third kappa shape index (κ3) is 2.21. The van der Waals surface area contributed by atoms with Crippen molar-refractivity contribution in [2.24, 2.45) is 0 Å². The van der Waals surface area contributed by atoms with Crippen molar-refractivity contribution in [3.63, 3.8) is 0 Å². The summed E-state index contributed by atoms with van der Waals surface area (Å²) in [5.74, 6) is 0. The lowest BCUT2D eigenvalue weighted by molar-refractivity contribution is -0.0212. The molecule has 1 aliphatic rings. The zero-order valence-corrected chi connectivity index (χ0v) is 12.4. The van der Waals surface area contributed by atoms with Crippen LogP contribution in [0.5, 0.6) is 0 Å². The van der Waals surface area contributed by atoms with Gasteiger partial charge in [0, 0.05) is 28.1 Å². The molecule has 1 unspecified atom stereocenters. The smallest absolute Gasteiger partial charge is 0.0762 e. The maximum Gasteiger partial charge on any atom is 0.0762 e. The fourth-order valence-electron chi connectivity index (χ4n) is 2.77. The summed E-state index contributed by atoms with van der Waals surface area (Å²) in [6.45, 7) is 5.30. The average molecular weight is 308 g/mol. The predicted octanol–water partition coefficient (Wildman–Crippen LogP) is 4.36. The Kier molecular flexibility index (Phi) is 2.99. The minimum Gasteiger partial charge on any atom is -0.370 e. The molecule has 0 spiro atoms. The van der Waals surface area contributed by atoms with Crippen molar-refractivity contribution in [1.82, 2.24) is 4.57 Å². The summed E-state index contributed by atoms with van der Waals surface area (Å²) in [4.78, 5) is 0. The molecule has 18 heavy (non-hydrogen) atoms. The molecule has 3 rings (SSSR count). The number of hydrogen-bond donors (Lipinski definition) is 0. The van der Waals surface area contributed by atoms with Gasteiger partial charge >= 0.3 is 0 Å². The van der Waals surface area contributed by atoms with Gasteiger partial charge in [0.15, 0.2) is 0 Å². The Morgan fingerprint density at radius 1 is 1.39 bits per heavy atom. The molecular formula is C15H18BrNO. The number of halogens is 1. The van der Waals surface area contributed by atoms with Gasteiger partial charge < -0.3 is 9.30 Å². The zero-order valence-electron chi connectivity index (χ0n) is 10.8. The highest BCUT2D eigenvalue weighted by Gasteiger charge is 2.31. The maximum atomic E-state index is 6.07. The molecule has 2 nitrogen and oxygen atoms in total. The van der Waals surface area contributed by atoms with Gasteiger partial charge in [-0.2, -0.15) is 0 Å². The molecule has 0 N–H and O–H groups in total. The Morgan fingerprint density at radius 2 is 2.22 bits per heavy atom. The number of rotatable bonds is 2. The number of nitrogens with zero attached hydrogens (tertiary/aromatic N) is 1. The second kappa shape index (κ2) is 4.39. The summed E-state index contributed by atoms with van der Waals surface area (Å²) in [7, 11) is 0. The van der Waals surface area contributed by atoms with Gasteiger partial charge in [-0.3, -0.25) is 0 Å². The third-order valence-corrected chi connectivity index (χ3v) is 4.41. The Hall–Kier alpha value is -0.800. The van der Waals surface area contributed by atoms with E-state index in [1.54, 1.807) is 0 Å². The van der Waals surface area contributed by atoms with Crippen molar-refractivity contribution in [3.8, 4) is 0 Å². The summed E-state index contributed by atoms with van der Waals surface area (Å²) in [6, 6.07) is 8.50. The fourth-order valence-corrected chi connectivity index (χ4v) is 3.26. The Bertz CT molecular complexity index is 573. The SMILES string of the molecule is CC1(C)CCC(Cn2ccc3c(Br)cccc32)O1. The van der Waals surface area contributed by atoms with E-state index in [0.29, 0.717) is 6.10 Å². The minimum absolute atomic E-state index is 0.0498. The second-order valence-electron chi connectivity index (χ2n) is 5.68. The van der Waals surface area contributed by atoms with E-state index in [1.165, 1.54) is 10.9 Å². The highest BCUT2D eigenvalue weighted by atomic mass is 79.9. The molecule has 0 aliphatic carbocycles. The average Bonchev–Trinajstić information content (AvgIpc) is 2.85. The van der Waals surface area contributed by atoms with E-state index < -0.39 is 0 Å². The van der Waals surface area contributed by atoms with Crippen LogP contribution in [0.2, 0.25) is 0 Å². The Labute approximate surface area is 116 Å².